The lowest BCUT2D eigenvalue weighted by atomic mass is 10.1. The Balaban J connectivity index is 2.18. The first-order valence-corrected chi connectivity index (χ1v) is 6.30. The second-order valence-corrected chi connectivity index (χ2v) is 4.63. The first kappa shape index (κ1) is 13.2. The third kappa shape index (κ3) is 2.24. The molecular formula is C15H12FN3O2. The molecule has 6 heteroatoms. The topological polar surface area (TPSA) is 56.5 Å². The maximum atomic E-state index is 13.7. The molecule has 0 aliphatic rings. The molecule has 2 heterocycles. The quantitative estimate of drug-likeness (QED) is 0.679. The van der Waals surface area contributed by atoms with E-state index in [2.05, 4.69) is 14.9 Å². The predicted molar refractivity (Wildman–Crippen MR) is 74.5 cm³/mol. The normalized spacial score (nSPS) is 10.8. The number of carbonyl (C=O) groups is 1. The highest BCUT2D eigenvalue weighted by atomic mass is 19.1. The summed E-state index contributed by atoms with van der Waals surface area (Å²) in [4.78, 5) is 11.6. The Labute approximate surface area is 120 Å². The fourth-order valence-corrected chi connectivity index (χ4v) is 2.06. The molecule has 0 N–H and O–H groups in total. The van der Waals surface area contributed by atoms with Gasteiger partial charge in [0.05, 0.1) is 12.7 Å². The number of esters is 1. The van der Waals surface area contributed by atoms with Gasteiger partial charge in [-0.05, 0) is 30.7 Å². The summed E-state index contributed by atoms with van der Waals surface area (Å²) in [5.41, 5.74) is 2.09. The zero-order valence-electron chi connectivity index (χ0n) is 11.5. The third-order valence-corrected chi connectivity index (χ3v) is 3.25. The van der Waals surface area contributed by atoms with E-state index in [1.807, 2.05) is 0 Å². The van der Waals surface area contributed by atoms with Crippen LogP contribution in [-0.4, -0.2) is 27.7 Å². The van der Waals surface area contributed by atoms with Crippen molar-refractivity contribution in [2.24, 2.45) is 0 Å². The van der Waals surface area contributed by atoms with Gasteiger partial charge in [0.2, 0.25) is 0 Å². The summed E-state index contributed by atoms with van der Waals surface area (Å²) < 4.78 is 20.0. The lowest BCUT2D eigenvalue weighted by Gasteiger charge is -2.04. The number of rotatable bonds is 2. The summed E-state index contributed by atoms with van der Waals surface area (Å²) in [5.74, 6) is -0.297. The summed E-state index contributed by atoms with van der Waals surface area (Å²) in [6.45, 7) is 1.69. The van der Waals surface area contributed by atoms with E-state index in [0.29, 0.717) is 28.2 Å². The first-order chi connectivity index (χ1) is 10.1. The minimum atomic E-state index is -0.452. The van der Waals surface area contributed by atoms with E-state index in [0.717, 1.165) is 0 Å². The van der Waals surface area contributed by atoms with E-state index in [1.54, 1.807) is 41.8 Å². The molecule has 3 aromatic rings. The lowest BCUT2D eigenvalue weighted by Crippen LogP contribution is -2.03. The van der Waals surface area contributed by atoms with Crippen molar-refractivity contribution in [2.75, 3.05) is 7.11 Å². The van der Waals surface area contributed by atoms with Crippen LogP contribution in [0.2, 0.25) is 0 Å². The van der Waals surface area contributed by atoms with Gasteiger partial charge in [0.25, 0.3) is 0 Å². The third-order valence-electron chi connectivity index (χ3n) is 3.25. The van der Waals surface area contributed by atoms with Crippen LogP contribution in [0.25, 0.3) is 17.0 Å². The number of hydrogen-bond donors (Lipinski definition) is 0. The molecule has 0 saturated heterocycles. The van der Waals surface area contributed by atoms with E-state index in [9.17, 15) is 9.18 Å². The number of aromatic nitrogens is 3. The molecule has 0 atom stereocenters. The molecule has 5 nitrogen and oxygen atoms in total. The molecule has 0 spiro atoms. The van der Waals surface area contributed by atoms with Crippen LogP contribution in [0.5, 0.6) is 0 Å². The van der Waals surface area contributed by atoms with Crippen LogP contribution in [0.4, 0.5) is 4.39 Å². The molecule has 0 saturated carbocycles. The molecule has 2 aromatic heterocycles. The highest BCUT2D eigenvalue weighted by molar-refractivity contribution is 5.89. The number of pyridine rings is 1. The summed E-state index contributed by atoms with van der Waals surface area (Å²) in [6, 6.07) is 8.11. The average molecular weight is 285 g/mol. The summed E-state index contributed by atoms with van der Waals surface area (Å²) >= 11 is 0. The fraction of sp³-hybridized carbons (Fsp3) is 0.133. The molecule has 0 amide bonds. The van der Waals surface area contributed by atoms with Gasteiger partial charge < -0.3 is 4.74 Å². The number of halogens is 1. The molecule has 0 unspecified atom stereocenters. The van der Waals surface area contributed by atoms with Gasteiger partial charge in [0.1, 0.15) is 5.82 Å². The van der Waals surface area contributed by atoms with Gasteiger partial charge in [-0.2, -0.15) is 0 Å². The number of nitrogens with zero attached hydrogens (tertiary/aromatic N) is 3. The summed E-state index contributed by atoms with van der Waals surface area (Å²) in [5, 5.41) is 8.07. The smallest absolute Gasteiger partial charge is 0.339 e. The lowest BCUT2D eigenvalue weighted by molar-refractivity contribution is 0.0600. The van der Waals surface area contributed by atoms with E-state index >= 15 is 0 Å². The van der Waals surface area contributed by atoms with Crippen molar-refractivity contribution >= 4 is 11.6 Å². The second-order valence-electron chi connectivity index (χ2n) is 4.63. The van der Waals surface area contributed by atoms with E-state index < -0.39 is 5.97 Å². The molecule has 0 aliphatic heterocycles. The summed E-state index contributed by atoms with van der Waals surface area (Å²) in [6.07, 6.45) is 1.58. The van der Waals surface area contributed by atoms with Gasteiger partial charge >= 0.3 is 5.97 Å². The maximum absolute atomic E-state index is 13.7. The van der Waals surface area contributed by atoms with Crippen molar-refractivity contribution in [3.63, 3.8) is 0 Å². The first-order valence-electron chi connectivity index (χ1n) is 6.30. The van der Waals surface area contributed by atoms with Crippen LogP contribution >= 0.6 is 0 Å². The van der Waals surface area contributed by atoms with Crippen molar-refractivity contribution in [2.45, 2.75) is 6.92 Å². The zero-order chi connectivity index (χ0) is 15.0. The van der Waals surface area contributed by atoms with E-state index in [-0.39, 0.29) is 5.82 Å². The largest absolute Gasteiger partial charge is 0.465 e. The van der Waals surface area contributed by atoms with Crippen molar-refractivity contribution < 1.29 is 13.9 Å². The Kier molecular flexibility index (Phi) is 3.13. The fourth-order valence-electron chi connectivity index (χ4n) is 2.06. The van der Waals surface area contributed by atoms with Gasteiger partial charge in [0.15, 0.2) is 11.5 Å². The van der Waals surface area contributed by atoms with Crippen molar-refractivity contribution in [1.29, 1.82) is 0 Å². The van der Waals surface area contributed by atoms with Crippen LogP contribution < -0.4 is 0 Å². The van der Waals surface area contributed by atoms with Crippen LogP contribution in [0, 0.1) is 12.7 Å². The monoisotopic (exact) mass is 285 g/mol. The molecule has 0 aliphatic carbocycles. The number of aryl methyl sites for hydroxylation is 1. The number of benzene rings is 1. The number of carbonyl (C=O) groups excluding carboxylic acids is 1. The molecule has 0 radical (unpaired) electrons. The SMILES string of the molecule is COC(=O)c1ccc2nnc(-c3ccc(C)c(F)c3)n2c1. The minimum absolute atomic E-state index is 0.312. The van der Waals surface area contributed by atoms with Gasteiger partial charge in [-0.25, -0.2) is 9.18 Å². The van der Waals surface area contributed by atoms with Crippen LogP contribution in [0.15, 0.2) is 36.5 Å². The number of fused-ring (bicyclic) bond motifs is 1. The Morgan fingerprint density at radius 1 is 1.24 bits per heavy atom. The van der Waals surface area contributed by atoms with Gasteiger partial charge in [-0.1, -0.05) is 12.1 Å². The van der Waals surface area contributed by atoms with E-state index in [4.69, 9.17) is 0 Å². The Hall–Kier alpha value is -2.76. The standard InChI is InChI=1S/C15H12FN3O2/c1-9-3-4-10(7-12(9)16)14-18-17-13-6-5-11(8-19(13)14)15(20)21-2/h3-8H,1-2H3. The zero-order valence-corrected chi connectivity index (χ0v) is 11.5. The maximum Gasteiger partial charge on any atom is 0.339 e. The van der Waals surface area contributed by atoms with Gasteiger partial charge in [-0.15, -0.1) is 10.2 Å². The number of hydrogen-bond acceptors (Lipinski definition) is 4. The molecule has 3 rings (SSSR count). The molecule has 21 heavy (non-hydrogen) atoms. The van der Waals surface area contributed by atoms with Crippen LogP contribution in [0.1, 0.15) is 15.9 Å². The van der Waals surface area contributed by atoms with Crippen LogP contribution in [-0.2, 0) is 4.74 Å². The predicted octanol–water partition coefficient (Wildman–Crippen LogP) is 2.63. The van der Waals surface area contributed by atoms with Gasteiger partial charge in [-0.3, -0.25) is 4.40 Å². The number of methoxy groups -OCH3 is 1. The second kappa shape index (κ2) is 4.97. The molecule has 106 valence electrons. The van der Waals surface area contributed by atoms with Crippen molar-refractivity contribution in [3.05, 3.63) is 53.5 Å². The Morgan fingerprint density at radius 3 is 2.76 bits per heavy atom. The average Bonchev–Trinajstić information content (AvgIpc) is 2.92. The Morgan fingerprint density at radius 2 is 2.05 bits per heavy atom. The Bertz CT molecular complexity index is 842. The van der Waals surface area contributed by atoms with Crippen molar-refractivity contribution in [3.8, 4) is 11.4 Å². The molecule has 0 bridgehead atoms. The highest BCUT2D eigenvalue weighted by Gasteiger charge is 2.13. The minimum Gasteiger partial charge on any atom is -0.465 e. The van der Waals surface area contributed by atoms with Crippen LogP contribution in [0.3, 0.4) is 0 Å². The number of ether oxygens (including phenoxy) is 1. The van der Waals surface area contributed by atoms with E-state index in [1.165, 1.54) is 13.2 Å². The summed E-state index contributed by atoms with van der Waals surface area (Å²) in [7, 11) is 1.31. The molecular weight excluding hydrogens is 273 g/mol. The molecule has 0 fully saturated rings. The van der Waals surface area contributed by atoms with Gasteiger partial charge in [0, 0.05) is 11.8 Å². The van der Waals surface area contributed by atoms with Crippen molar-refractivity contribution in [1.82, 2.24) is 14.6 Å². The molecule has 1 aromatic carbocycles. The highest BCUT2D eigenvalue weighted by Crippen LogP contribution is 2.21.